The molecule has 134 valence electrons. The van der Waals surface area contributed by atoms with Gasteiger partial charge in [0, 0.05) is 12.7 Å². The van der Waals surface area contributed by atoms with E-state index in [1.807, 2.05) is 25.1 Å². The van der Waals surface area contributed by atoms with E-state index in [1.54, 1.807) is 24.1 Å². The first-order valence-corrected chi connectivity index (χ1v) is 8.75. The number of aromatic nitrogens is 2. The Kier molecular flexibility index (Phi) is 5.38. The number of aryl methyl sites for hydroxylation is 1. The van der Waals surface area contributed by atoms with Crippen LogP contribution in [-0.2, 0) is 0 Å². The molecule has 2 N–H and O–H groups in total. The standard InChI is InChI=1S/C19H25N3O3/c1-13-7-8-18(25-2)16(11-13)22-10-9-15(21-22)19(24)20-12-17(23)14-5-3-4-6-14/h7-11,14,17,23H,3-6,12H2,1-2H3,(H,20,24). The molecule has 2 aromatic rings. The van der Waals surface area contributed by atoms with Crippen LogP contribution in [0.1, 0.15) is 41.7 Å². The van der Waals surface area contributed by atoms with E-state index in [0.717, 1.165) is 24.1 Å². The largest absolute Gasteiger partial charge is 0.494 e. The second kappa shape index (κ2) is 7.70. The Morgan fingerprint density at radius 2 is 2.16 bits per heavy atom. The maximum Gasteiger partial charge on any atom is 0.271 e. The van der Waals surface area contributed by atoms with Gasteiger partial charge in [0.1, 0.15) is 11.4 Å². The summed E-state index contributed by atoms with van der Waals surface area (Å²) in [7, 11) is 1.61. The second-order valence-electron chi connectivity index (χ2n) is 6.64. The van der Waals surface area contributed by atoms with Gasteiger partial charge in [0.25, 0.3) is 5.91 Å². The molecule has 1 saturated carbocycles. The van der Waals surface area contributed by atoms with Crippen LogP contribution in [0, 0.1) is 12.8 Å². The van der Waals surface area contributed by atoms with Gasteiger partial charge in [-0.1, -0.05) is 18.9 Å². The van der Waals surface area contributed by atoms with Crippen LogP contribution < -0.4 is 10.1 Å². The van der Waals surface area contributed by atoms with Crippen molar-refractivity contribution in [2.75, 3.05) is 13.7 Å². The van der Waals surface area contributed by atoms with Gasteiger partial charge in [-0.05, 0) is 49.4 Å². The summed E-state index contributed by atoms with van der Waals surface area (Å²) >= 11 is 0. The molecule has 1 fully saturated rings. The average Bonchev–Trinajstić information content (AvgIpc) is 3.30. The van der Waals surface area contributed by atoms with Gasteiger partial charge in [0.15, 0.2) is 5.69 Å². The summed E-state index contributed by atoms with van der Waals surface area (Å²) < 4.78 is 7.00. The number of nitrogens with one attached hydrogen (secondary N) is 1. The van der Waals surface area contributed by atoms with Gasteiger partial charge >= 0.3 is 0 Å². The fourth-order valence-electron chi connectivity index (χ4n) is 3.35. The zero-order valence-corrected chi connectivity index (χ0v) is 14.7. The Labute approximate surface area is 147 Å². The first-order chi connectivity index (χ1) is 12.1. The molecule has 0 spiro atoms. The molecule has 1 aromatic heterocycles. The van der Waals surface area contributed by atoms with Gasteiger partial charge < -0.3 is 15.2 Å². The fourth-order valence-corrected chi connectivity index (χ4v) is 3.35. The number of hydrogen-bond acceptors (Lipinski definition) is 4. The molecule has 1 aromatic carbocycles. The van der Waals surface area contributed by atoms with Crippen molar-refractivity contribution in [3.05, 3.63) is 41.7 Å². The summed E-state index contributed by atoms with van der Waals surface area (Å²) in [4.78, 5) is 12.3. The molecule has 0 saturated heterocycles. The van der Waals surface area contributed by atoms with Gasteiger partial charge in [0.05, 0.1) is 13.2 Å². The van der Waals surface area contributed by atoms with E-state index < -0.39 is 6.10 Å². The molecule has 1 aliphatic rings. The molecular weight excluding hydrogens is 318 g/mol. The van der Waals surface area contributed by atoms with Crippen LogP contribution >= 0.6 is 0 Å². The third-order valence-corrected chi connectivity index (χ3v) is 4.82. The van der Waals surface area contributed by atoms with Gasteiger partial charge in [-0.2, -0.15) is 5.10 Å². The molecule has 1 unspecified atom stereocenters. The molecule has 1 amide bonds. The molecule has 3 rings (SSSR count). The van der Waals surface area contributed by atoms with Crippen molar-refractivity contribution in [1.29, 1.82) is 0 Å². The minimum Gasteiger partial charge on any atom is -0.494 e. The molecule has 1 aliphatic carbocycles. The Hall–Kier alpha value is -2.34. The van der Waals surface area contributed by atoms with Gasteiger partial charge in [0.2, 0.25) is 0 Å². The van der Waals surface area contributed by atoms with E-state index >= 15 is 0 Å². The van der Waals surface area contributed by atoms with Gasteiger partial charge in [-0.15, -0.1) is 0 Å². The van der Waals surface area contributed by atoms with Crippen molar-refractivity contribution in [2.45, 2.75) is 38.7 Å². The molecule has 25 heavy (non-hydrogen) atoms. The zero-order valence-electron chi connectivity index (χ0n) is 14.7. The Bertz CT molecular complexity index is 735. The summed E-state index contributed by atoms with van der Waals surface area (Å²) in [6.45, 7) is 2.26. The fraction of sp³-hybridized carbons (Fsp3) is 0.474. The minimum absolute atomic E-state index is 0.268. The maximum absolute atomic E-state index is 12.3. The number of nitrogens with zero attached hydrogens (tertiary/aromatic N) is 2. The summed E-state index contributed by atoms with van der Waals surface area (Å²) in [5.74, 6) is 0.717. The smallest absolute Gasteiger partial charge is 0.271 e. The lowest BCUT2D eigenvalue weighted by atomic mass is 10.0. The number of methoxy groups -OCH3 is 1. The molecule has 0 radical (unpaired) electrons. The summed E-state index contributed by atoms with van der Waals surface area (Å²) in [6, 6.07) is 7.46. The number of amides is 1. The summed E-state index contributed by atoms with van der Waals surface area (Å²) in [5, 5.41) is 17.3. The van der Waals surface area contributed by atoms with Crippen molar-refractivity contribution < 1.29 is 14.6 Å². The van der Waals surface area contributed by atoms with Crippen LogP contribution in [-0.4, -0.2) is 40.6 Å². The lowest BCUT2D eigenvalue weighted by Crippen LogP contribution is -2.35. The highest BCUT2D eigenvalue weighted by molar-refractivity contribution is 5.92. The first-order valence-electron chi connectivity index (χ1n) is 8.75. The maximum atomic E-state index is 12.3. The Morgan fingerprint density at radius 3 is 2.88 bits per heavy atom. The predicted octanol–water partition coefficient (Wildman–Crippen LogP) is 2.47. The molecule has 1 heterocycles. The highest BCUT2D eigenvalue weighted by atomic mass is 16.5. The highest BCUT2D eigenvalue weighted by Gasteiger charge is 2.23. The first kappa shape index (κ1) is 17.5. The number of carbonyl (C=O) groups excluding carboxylic acids is 1. The Morgan fingerprint density at radius 1 is 1.40 bits per heavy atom. The monoisotopic (exact) mass is 343 g/mol. The van der Waals surface area contributed by atoms with Crippen LogP contribution in [0.4, 0.5) is 0 Å². The number of rotatable bonds is 6. The van der Waals surface area contributed by atoms with E-state index in [1.165, 1.54) is 12.8 Å². The van der Waals surface area contributed by atoms with E-state index in [-0.39, 0.29) is 12.5 Å². The second-order valence-corrected chi connectivity index (χ2v) is 6.64. The third-order valence-electron chi connectivity index (χ3n) is 4.82. The third kappa shape index (κ3) is 4.02. The van der Waals surface area contributed by atoms with Crippen molar-refractivity contribution in [1.82, 2.24) is 15.1 Å². The topological polar surface area (TPSA) is 76.4 Å². The predicted molar refractivity (Wildman–Crippen MR) is 95.2 cm³/mol. The lowest BCUT2D eigenvalue weighted by molar-refractivity contribution is 0.0836. The van der Waals surface area contributed by atoms with Crippen LogP contribution in [0.3, 0.4) is 0 Å². The SMILES string of the molecule is COc1ccc(C)cc1-n1ccc(C(=O)NCC(O)C2CCCC2)n1. The molecule has 1 atom stereocenters. The molecule has 6 heteroatoms. The summed E-state index contributed by atoms with van der Waals surface area (Å²) in [6.07, 6.45) is 5.67. The molecule has 0 bridgehead atoms. The van der Waals surface area contributed by atoms with Crippen molar-refractivity contribution in [3.63, 3.8) is 0 Å². The van der Waals surface area contributed by atoms with Crippen molar-refractivity contribution in [3.8, 4) is 11.4 Å². The number of benzene rings is 1. The van der Waals surface area contributed by atoms with Gasteiger partial charge in [-0.3, -0.25) is 4.79 Å². The van der Waals surface area contributed by atoms with Crippen molar-refractivity contribution >= 4 is 5.91 Å². The molecule has 6 nitrogen and oxygen atoms in total. The van der Waals surface area contributed by atoms with E-state index in [2.05, 4.69) is 10.4 Å². The zero-order chi connectivity index (χ0) is 17.8. The van der Waals surface area contributed by atoms with Crippen LogP contribution in [0.2, 0.25) is 0 Å². The lowest BCUT2D eigenvalue weighted by Gasteiger charge is -2.17. The van der Waals surface area contributed by atoms with Gasteiger partial charge in [-0.25, -0.2) is 4.68 Å². The van der Waals surface area contributed by atoms with Crippen LogP contribution in [0.5, 0.6) is 5.75 Å². The number of carbonyl (C=O) groups is 1. The van der Waals surface area contributed by atoms with E-state index in [0.29, 0.717) is 17.4 Å². The average molecular weight is 343 g/mol. The molecule has 0 aliphatic heterocycles. The van der Waals surface area contributed by atoms with Crippen LogP contribution in [0.25, 0.3) is 5.69 Å². The van der Waals surface area contributed by atoms with E-state index in [9.17, 15) is 9.90 Å². The number of aliphatic hydroxyl groups is 1. The number of aliphatic hydroxyl groups excluding tert-OH is 1. The van der Waals surface area contributed by atoms with Crippen molar-refractivity contribution in [2.24, 2.45) is 5.92 Å². The number of hydrogen-bond donors (Lipinski definition) is 2. The number of ether oxygens (including phenoxy) is 1. The minimum atomic E-state index is -0.481. The highest BCUT2D eigenvalue weighted by Crippen LogP contribution is 2.27. The summed E-state index contributed by atoms with van der Waals surface area (Å²) in [5.41, 5.74) is 2.19. The van der Waals surface area contributed by atoms with Crippen LogP contribution in [0.15, 0.2) is 30.5 Å². The van der Waals surface area contributed by atoms with E-state index in [4.69, 9.17) is 4.74 Å². The quantitative estimate of drug-likeness (QED) is 0.845. The Balaban J connectivity index is 1.66. The normalized spacial score (nSPS) is 16.0. The molecular formula is C19H25N3O3.